The van der Waals surface area contributed by atoms with Crippen molar-refractivity contribution in [2.75, 3.05) is 40.0 Å². The molecular formula is C22H26N2O6S. The fourth-order valence-corrected chi connectivity index (χ4v) is 5.05. The second-order valence-electron chi connectivity index (χ2n) is 7.51. The minimum atomic E-state index is -3.66. The number of hydrogen-bond acceptors (Lipinski definition) is 7. The highest BCUT2D eigenvalue weighted by Gasteiger charge is 2.27. The maximum atomic E-state index is 12.6. The van der Waals surface area contributed by atoms with E-state index < -0.39 is 16.0 Å². The van der Waals surface area contributed by atoms with E-state index in [1.54, 1.807) is 0 Å². The van der Waals surface area contributed by atoms with Crippen molar-refractivity contribution in [3.63, 3.8) is 0 Å². The van der Waals surface area contributed by atoms with E-state index in [0.717, 1.165) is 36.4 Å². The number of carbonyl (C=O) groups is 1. The van der Waals surface area contributed by atoms with Gasteiger partial charge < -0.3 is 14.2 Å². The molecule has 2 aromatic rings. The third-order valence-electron chi connectivity index (χ3n) is 5.59. The fraction of sp³-hybridized carbons (Fsp3) is 0.409. The summed E-state index contributed by atoms with van der Waals surface area (Å²) in [5.74, 6) is 1.04. The molecule has 9 heteroatoms. The molecule has 0 radical (unpaired) electrons. The molecule has 0 aliphatic carbocycles. The van der Waals surface area contributed by atoms with Gasteiger partial charge in [0, 0.05) is 19.1 Å². The molecule has 0 aromatic heterocycles. The van der Waals surface area contributed by atoms with E-state index in [9.17, 15) is 13.2 Å². The van der Waals surface area contributed by atoms with Gasteiger partial charge in [-0.2, -0.15) is 0 Å². The van der Waals surface area contributed by atoms with Gasteiger partial charge in [0.2, 0.25) is 10.0 Å². The maximum Gasteiger partial charge on any atom is 0.337 e. The monoisotopic (exact) mass is 446 g/mol. The zero-order chi connectivity index (χ0) is 21.8. The van der Waals surface area contributed by atoms with Gasteiger partial charge in [-0.1, -0.05) is 6.07 Å². The quantitative estimate of drug-likeness (QED) is 0.653. The van der Waals surface area contributed by atoms with Gasteiger partial charge in [-0.25, -0.2) is 17.9 Å². The number of esters is 1. The molecule has 8 nitrogen and oxygen atoms in total. The van der Waals surface area contributed by atoms with E-state index >= 15 is 0 Å². The Morgan fingerprint density at radius 3 is 2.61 bits per heavy atom. The molecule has 0 bridgehead atoms. The summed E-state index contributed by atoms with van der Waals surface area (Å²) in [6, 6.07) is 12.0. The van der Waals surface area contributed by atoms with Crippen LogP contribution in [0.4, 0.5) is 0 Å². The van der Waals surface area contributed by atoms with Crippen LogP contribution in [0, 0.1) is 0 Å². The van der Waals surface area contributed by atoms with E-state index in [1.807, 2.05) is 12.1 Å². The molecule has 4 rings (SSSR count). The van der Waals surface area contributed by atoms with Crippen LogP contribution < -0.4 is 14.2 Å². The molecule has 2 aliphatic heterocycles. The molecule has 1 atom stereocenters. The van der Waals surface area contributed by atoms with Crippen molar-refractivity contribution in [3.8, 4) is 11.5 Å². The first-order valence-corrected chi connectivity index (χ1v) is 11.8. The number of nitrogens with zero attached hydrogens (tertiary/aromatic N) is 1. The Balaban J connectivity index is 1.36. The van der Waals surface area contributed by atoms with Gasteiger partial charge in [-0.05, 0) is 61.3 Å². The highest BCUT2D eigenvalue weighted by molar-refractivity contribution is 7.89. The van der Waals surface area contributed by atoms with Crippen LogP contribution in [0.15, 0.2) is 47.4 Å². The molecule has 166 valence electrons. The number of ether oxygens (including phenoxy) is 3. The van der Waals surface area contributed by atoms with E-state index in [2.05, 4.69) is 20.4 Å². The van der Waals surface area contributed by atoms with E-state index in [1.165, 1.54) is 31.4 Å². The summed E-state index contributed by atoms with van der Waals surface area (Å²) in [6.07, 6.45) is 2.07. The molecule has 31 heavy (non-hydrogen) atoms. The summed E-state index contributed by atoms with van der Waals surface area (Å²) in [5.41, 5.74) is 1.46. The number of likely N-dealkylation sites (tertiary alicyclic amines) is 1. The number of nitrogens with one attached hydrogen (secondary N) is 1. The first-order valence-electron chi connectivity index (χ1n) is 10.3. The first kappa shape index (κ1) is 21.6. The molecule has 0 amide bonds. The zero-order valence-corrected chi connectivity index (χ0v) is 18.2. The average Bonchev–Trinajstić information content (AvgIpc) is 3.26. The number of methoxy groups -OCH3 is 1. The Kier molecular flexibility index (Phi) is 6.45. The molecule has 1 saturated heterocycles. The SMILES string of the molecule is COC(=O)c1ccc(S(=O)(=O)NCCN2CCCC2c2ccc3c(c2)OCCO3)cc1. The van der Waals surface area contributed by atoms with Crippen LogP contribution in [0.25, 0.3) is 0 Å². The molecule has 2 heterocycles. The molecule has 0 saturated carbocycles. The van der Waals surface area contributed by atoms with E-state index in [-0.39, 0.29) is 10.9 Å². The van der Waals surface area contributed by atoms with Gasteiger partial charge in [0.05, 0.1) is 17.6 Å². The molecule has 0 spiro atoms. The lowest BCUT2D eigenvalue weighted by Crippen LogP contribution is -2.34. The summed E-state index contributed by atoms with van der Waals surface area (Å²) in [5, 5.41) is 0. The Hall–Kier alpha value is -2.62. The molecule has 2 aliphatic rings. The van der Waals surface area contributed by atoms with Gasteiger partial charge in [0.15, 0.2) is 11.5 Å². The predicted octanol–water partition coefficient (Wildman–Crippen LogP) is 2.36. The summed E-state index contributed by atoms with van der Waals surface area (Å²) in [6.45, 7) is 2.91. The normalized spacial score (nSPS) is 18.7. The third-order valence-corrected chi connectivity index (χ3v) is 7.07. The molecule has 1 N–H and O–H groups in total. The minimum Gasteiger partial charge on any atom is -0.486 e. The van der Waals surface area contributed by atoms with Crippen molar-refractivity contribution in [1.82, 2.24) is 9.62 Å². The highest BCUT2D eigenvalue weighted by Crippen LogP contribution is 2.37. The van der Waals surface area contributed by atoms with Crippen molar-refractivity contribution in [1.29, 1.82) is 0 Å². The van der Waals surface area contributed by atoms with Crippen LogP contribution in [0.1, 0.15) is 34.8 Å². The highest BCUT2D eigenvalue weighted by atomic mass is 32.2. The Labute approximate surface area is 182 Å². The van der Waals surface area contributed by atoms with E-state index in [0.29, 0.717) is 31.9 Å². The average molecular weight is 447 g/mol. The lowest BCUT2D eigenvalue weighted by atomic mass is 10.0. The zero-order valence-electron chi connectivity index (χ0n) is 17.4. The number of hydrogen-bond donors (Lipinski definition) is 1. The molecular weight excluding hydrogens is 420 g/mol. The Bertz CT molecular complexity index is 1040. The van der Waals surface area contributed by atoms with Gasteiger partial charge >= 0.3 is 5.97 Å². The van der Waals surface area contributed by atoms with Crippen molar-refractivity contribution in [2.24, 2.45) is 0 Å². The van der Waals surface area contributed by atoms with Crippen molar-refractivity contribution >= 4 is 16.0 Å². The van der Waals surface area contributed by atoms with Crippen LogP contribution >= 0.6 is 0 Å². The number of fused-ring (bicyclic) bond motifs is 1. The summed E-state index contributed by atoms with van der Waals surface area (Å²) < 4.78 is 43.8. The third kappa shape index (κ3) is 4.84. The summed E-state index contributed by atoms with van der Waals surface area (Å²) >= 11 is 0. The standard InChI is InChI=1S/C22H26N2O6S/c1-28-22(25)16-4-7-18(8-5-16)31(26,27)23-10-12-24-11-2-3-19(24)17-6-9-20-21(15-17)30-14-13-29-20/h4-9,15,19,23H,2-3,10-14H2,1H3. The van der Waals surface area contributed by atoms with Crippen molar-refractivity contribution in [2.45, 2.75) is 23.8 Å². The van der Waals surface area contributed by atoms with Crippen LogP contribution in [0.3, 0.4) is 0 Å². The second kappa shape index (κ2) is 9.25. The summed E-state index contributed by atoms with van der Waals surface area (Å²) in [4.78, 5) is 13.9. The number of rotatable bonds is 7. The van der Waals surface area contributed by atoms with Gasteiger partial charge in [-0.3, -0.25) is 4.90 Å². The van der Waals surface area contributed by atoms with Crippen LogP contribution in [-0.4, -0.2) is 59.2 Å². The van der Waals surface area contributed by atoms with Gasteiger partial charge in [0.1, 0.15) is 13.2 Å². The van der Waals surface area contributed by atoms with Crippen molar-refractivity contribution < 1.29 is 27.4 Å². The molecule has 1 fully saturated rings. The van der Waals surface area contributed by atoms with Gasteiger partial charge in [0.25, 0.3) is 0 Å². The van der Waals surface area contributed by atoms with E-state index in [4.69, 9.17) is 9.47 Å². The Morgan fingerprint density at radius 2 is 1.87 bits per heavy atom. The topological polar surface area (TPSA) is 94.2 Å². The second-order valence-corrected chi connectivity index (χ2v) is 9.28. The predicted molar refractivity (Wildman–Crippen MR) is 114 cm³/mol. The molecule has 1 unspecified atom stereocenters. The Morgan fingerprint density at radius 1 is 1.13 bits per heavy atom. The van der Waals surface area contributed by atoms with Crippen LogP contribution in [0.2, 0.25) is 0 Å². The van der Waals surface area contributed by atoms with Crippen LogP contribution in [-0.2, 0) is 14.8 Å². The number of sulfonamides is 1. The molecule has 2 aromatic carbocycles. The van der Waals surface area contributed by atoms with Crippen LogP contribution in [0.5, 0.6) is 11.5 Å². The number of carbonyl (C=O) groups excluding carboxylic acids is 1. The summed E-state index contributed by atoms with van der Waals surface area (Å²) in [7, 11) is -2.38. The minimum absolute atomic E-state index is 0.116. The smallest absolute Gasteiger partial charge is 0.337 e. The maximum absolute atomic E-state index is 12.6. The fourth-order valence-electron chi connectivity index (χ4n) is 4.03. The lowest BCUT2D eigenvalue weighted by molar-refractivity contribution is 0.0600. The number of benzene rings is 2. The first-order chi connectivity index (χ1) is 15.0. The largest absolute Gasteiger partial charge is 0.486 e. The van der Waals surface area contributed by atoms with Gasteiger partial charge in [-0.15, -0.1) is 0 Å². The lowest BCUT2D eigenvalue weighted by Gasteiger charge is -2.26. The van der Waals surface area contributed by atoms with Crippen molar-refractivity contribution in [3.05, 3.63) is 53.6 Å².